The summed E-state index contributed by atoms with van der Waals surface area (Å²) in [6, 6.07) is 30.3. The number of rotatable bonds is 6. The van der Waals surface area contributed by atoms with Crippen LogP contribution in [-0.4, -0.2) is 22.5 Å². The molecular weight excluding hydrogens is 515 g/mol. The Balaban J connectivity index is 1.67. The zero-order valence-corrected chi connectivity index (χ0v) is 23.2. The highest BCUT2D eigenvalue weighted by atomic mass is 19.1. The lowest BCUT2D eigenvalue weighted by Crippen LogP contribution is -2.16. The van der Waals surface area contributed by atoms with Crippen LogP contribution in [-0.2, 0) is 11.2 Å². The fourth-order valence-corrected chi connectivity index (χ4v) is 4.58. The Bertz CT molecular complexity index is 1650. The third-order valence-electron chi connectivity index (χ3n) is 6.43. The highest BCUT2D eigenvalue weighted by Crippen LogP contribution is 2.42. The number of carbonyl (C=O) groups is 1. The van der Waals surface area contributed by atoms with E-state index in [2.05, 4.69) is 5.32 Å². The molecule has 0 radical (unpaired) electrons. The molecule has 1 aliphatic rings. The number of carbonyl (C=O) groups excluding carboxylic acids is 1. The molecule has 0 aliphatic carbocycles. The highest BCUT2D eigenvalue weighted by Gasteiger charge is 2.33. The van der Waals surface area contributed by atoms with E-state index in [-0.39, 0.29) is 11.3 Å². The summed E-state index contributed by atoms with van der Waals surface area (Å²) in [6.07, 6.45) is 2.48. The fourth-order valence-electron chi connectivity index (χ4n) is 4.58. The van der Waals surface area contributed by atoms with Gasteiger partial charge in [-0.25, -0.2) is 9.38 Å². The van der Waals surface area contributed by atoms with Gasteiger partial charge in [-0.15, -0.1) is 0 Å². The van der Waals surface area contributed by atoms with Gasteiger partial charge in [0.05, 0.1) is 16.7 Å². The Morgan fingerprint density at radius 1 is 0.902 bits per heavy atom. The van der Waals surface area contributed by atoms with Crippen LogP contribution in [0.25, 0.3) is 11.6 Å². The molecule has 5 rings (SSSR count). The molecule has 4 aromatic rings. The molecule has 0 bridgehead atoms. The predicted octanol–water partition coefficient (Wildman–Crippen LogP) is 8.05. The van der Waals surface area contributed by atoms with Crippen LogP contribution in [0.15, 0.2) is 119 Å². The third kappa shape index (κ3) is 6.61. The summed E-state index contributed by atoms with van der Waals surface area (Å²) in [5.74, 6) is -0.124. The van der Waals surface area contributed by atoms with Crippen molar-refractivity contribution in [3.8, 4) is 5.75 Å². The largest absolute Gasteiger partial charge is 0.506 e. The van der Waals surface area contributed by atoms with Crippen molar-refractivity contribution in [3.05, 3.63) is 143 Å². The van der Waals surface area contributed by atoms with Gasteiger partial charge in [-0.3, -0.25) is 4.79 Å². The molecule has 41 heavy (non-hydrogen) atoms. The van der Waals surface area contributed by atoms with E-state index in [1.165, 1.54) is 24.3 Å². The molecule has 0 fully saturated rings. The average Bonchev–Trinajstić information content (AvgIpc) is 3.25. The van der Waals surface area contributed by atoms with Crippen molar-refractivity contribution in [2.45, 2.75) is 32.7 Å². The molecule has 206 valence electrons. The van der Waals surface area contributed by atoms with Crippen LogP contribution in [0.1, 0.15) is 47.8 Å². The van der Waals surface area contributed by atoms with E-state index in [0.29, 0.717) is 34.9 Å². The number of aromatic hydroxyl groups is 1. The number of aliphatic imine (C=N–C) groups is 1. The van der Waals surface area contributed by atoms with Gasteiger partial charge in [0, 0.05) is 23.2 Å². The maximum atomic E-state index is 13.4. The first-order chi connectivity index (χ1) is 19.7. The summed E-state index contributed by atoms with van der Waals surface area (Å²) in [5, 5.41) is 14.3. The second-order valence-electron chi connectivity index (χ2n) is 10.8. The Morgan fingerprint density at radius 3 is 2.22 bits per heavy atom. The lowest BCUT2D eigenvalue weighted by molar-refractivity contribution is 0.102. The van der Waals surface area contributed by atoms with Gasteiger partial charge in [0.2, 0.25) is 5.90 Å². The average molecular weight is 547 g/mol. The number of nitrogens with one attached hydrogen (secondary N) is 1. The topological polar surface area (TPSA) is 70.9 Å². The monoisotopic (exact) mass is 546 g/mol. The van der Waals surface area contributed by atoms with Crippen molar-refractivity contribution in [3.63, 3.8) is 0 Å². The Morgan fingerprint density at radius 2 is 1.56 bits per heavy atom. The van der Waals surface area contributed by atoms with Gasteiger partial charge in [-0.05, 0) is 68.3 Å². The van der Waals surface area contributed by atoms with E-state index in [1.54, 1.807) is 18.2 Å². The molecular formula is C35H31FN2O3. The van der Waals surface area contributed by atoms with Crippen molar-refractivity contribution in [1.82, 2.24) is 0 Å². The summed E-state index contributed by atoms with van der Waals surface area (Å²) in [5.41, 5.74) is 3.93. The molecule has 6 heteroatoms. The zero-order valence-electron chi connectivity index (χ0n) is 23.2. The Kier molecular flexibility index (Phi) is 7.83. The molecule has 0 spiro atoms. The number of hydrogen-bond donors (Lipinski definition) is 2. The van der Waals surface area contributed by atoms with Crippen LogP contribution in [0.5, 0.6) is 5.75 Å². The number of ether oxygens (including phenoxy) is 1. The Hall–Kier alpha value is -4.97. The van der Waals surface area contributed by atoms with Crippen molar-refractivity contribution >= 4 is 29.1 Å². The van der Waals surface area contributed by atoms with Crippen LogP contribution >= 0.6 is 0 Å². The molecule has 5 nitrogen and oxygen atoms in total. The van der Waals surface area contributed by atoms with Gasteiger partial charge in [0.1, 0.15) is 17.3 Å². The number of amides is 1. The molecule has 0 saturated carbocycles. The SMILES string of the molecule is CC(C)(C)N=C1O/C(=C\c2ccccc2)C(Cc2ccccc2)=C1c1cccc(C(=O)Nc2ccc(F)cc2)c1O. The van der Waals surface area contributed by atoms with Crippen LogP contribution in [0.4, 0.5) is 10.1 Å². The lowest BCUT2D eigenvalue weighted by Gasteiger charge is -2.16. The Labute approximate surface area is 239 Å². The van der Waals surface area contributed by atoms with Crippen molar-refractivity contribution in [2.75, 3.05) is 5.32 Å². The van der Waals surface area contributed by atoms with E-state index in [0.717, 1.165) is 16.7 Å². The van der Waals surface area contributed by atoms with E-state index < -0.39 is 17.3 Å². The lowest BCUT2D eigenvalue weighted by atomic mass is 9.92. The molecule has 0 saturated heterocycles. The first kappa shape index (κ1) is 27.6. The minimum absolute atomic E-state index is 0.0778. The molecule has 0 atom stereocenters. The van der Waals surface area contributed by atoms with E-state index in [4.69, 9.17) is 9.73 Å². The number of phenolic OH excluding ortho intramolecular Hbond substituents is 1. The smallest absolute Gasteiger partial charge is 0.259 e. The van der Waals surface area contributed by atoms with E-state index in [9.17, 15) is 14.3 Å². The molecule has 1 amide bonds. The van der Waals surface area contributed by atoms with Crippen molar-refractivity contribution < 1.29 is 19.0 Å². The number of phenols is 1. The second-order valence-corrected chi connectivity index (χ2v) is 10.8. The van der Waals surface area contributed by atoms with Gasteiger partial charge in [-0.1, -0.05) is 72.8 Å². The zero-order chi connectivity index (χ0) is 29.0. The van der Waals surface area contributed by atoms with Gasteiger partial charge in [0.25, 0.3) is 5.91 Å². The molecule has 2 N–H and O–H groups in total. The van der Waals surface area contributed by atoms with Gasteiger partial charge >= 0.3 is 0 Å². The molecule has 4 aromatic carbocycles. The van der Waals surface area contributed by atoms with Crippen LogP contribution < -0.4 is 5.32 Å². The second kappa shape index (κ2) is 11.6. The number of anilines is 1. The predicted molar refractivity (Wildman–Crippen MR) is 162 cm³/mol. The van der Waals surface area contributed by atoms with Gasteiger partial charge in [0.15, 0.2) is 0 Å². The summed E-state index contributed by atoms with van der Waals surface area (Å²) in [4.78, 5) is 18.1. The fraction of sp³-hybridized carbons (Fsp3) is 0.143. The number of allylic oxidation sites excluding steroid dienone is 1. The van der Waals surface area contributed by atoms with Gasteiger partial charge in [-0.2, -0.15) is 0 Å². The third-order valence-corrected chi connectivity index (χ3v) is 6.43. The first-order valence-corrected chi connectivity index (χ1v) is 13.4. The summed E-state index contributed by atoms with van der Waals surface area (Å²) in [6.45, 7) is 5.93. The van der Waals surface area contributed by atoms with Crippen LogP contribution in [0, 0.1) is 5.82 Å². The van der Waals surface area contributed by atoms with Crippen molar-refractivity contribution in [1.29, 1.82) is 0 Å². The maximum absolute atomic E-state index is 13.4. The normalized spacial score (nSPS) is 15.3. The molecule has 0 unspecified atom stereocenters. The van der Waals surface area contributed by atoms with Crippen LogP contribution in [0.2, 0.25) is 0 Å². The summed E-state index contributed by atoms with van der Waals surface area (Å²) in [7, 11) is 0. The number of para-hydroxylation sites is 1. The number of benzene rings is 4. The molecule has 1 aliphatic heterocycles. The van der Waals surface area contributed by atoms with Crippen molar-refractivity contribution in [2.24, 2.45) is 4.99 Å². The quantitative estimate of drug-likeness (QED) is 0.257. The minimum atomic E-state index is -0.519. The first-order valence-electron chi connectivity index (χ1n) is 13.4. The standard InChI is InChI=1S/C35H31FN2O3/c1-35(2,3)38-34-31(27-15-10-16-28(32(27)39)33(40)37-26-19-17-25(36)18-20-26)29(21-23-11-6-4-7-12-23)30(41-34)22-24-13-8-5-9-14-24/h4-20,22,39H,21H2,1-3H3,(H,37,40)/b30-22-,38-34?. The van der Waals surface area contributed by atoms with E-state index in [1.807, 2.05) is 87.5 Å². The number of halogens is 1. The minimum Gasteiger partial charge on any atom is -0.506 e. The summed E-state index contributed by atoms with van der Waals surface area (Å²) < 4.78 is 19.8. The molecule has 1 heterocycles. The molecule has 0 aromatic heterocycles. The summed E-state index contributed by atoms with van der Waals surface area (Å²) >= 11 is 0. The van der Waals surface area contributed by atoms with E-state index >= 15 is 0 Å². The number of nitrogens with zero attached hydrogens (tertiary/aromatic N) is 1. The number of hydrogen-bond acceptors (Lipinski definition) is 4. The maximum Gasteiger partial charge on any atom is 0.259 e. The van der Waals surface area contributed by atoms with Gasteiger partial charge < -0.3 is 15.2 Å². The van der Waals surface area contributed by atoms with Crippen LogP contribution in [0.3, 0.4) is 0 Å². The highest BCUT2D eigenvalue weighted by molar-refractivity contribution is 6.26.